The molecule has 2 atom stereocenters. The Morgan fingerprint density at radius 1 is 1.03 bits per heavy atom. The maximum Gasteiger partial charge on any atom is 0.252 e. The van der Waals surface area contributed by atoms with E-state index in [-0.39, 0.29) is 17.4 Å². The van der Waals surface area contributed by atoms with Crippen LogP contribution in [0, 0.1) is 5.92 Å². The SMILES string of the molecule is CCCCNC(=O)c1cc(NC(=O)[C@@H]2[C@@H](c3cc(Cl)cc(Cl)c3)C2(Cl)Cl)ccc1Cl. The lowest BCUT2D eigenvalue weighted by Gasteiger charge is -2.10. The van der Waals surface area contributed by atoms with Gasteiger partial charge >= 0.3 is 0 Å². The summed E-state index contributed by atoms with van der Waals surface area (Å²) in [4.78, 5) is 25.2. The molecule has 0 heterocycles. The van der Waals surface area contributed by atoms with Crippen LogP contribution >= 0.6 is 58.0 Å². The van der Waals surface area contributed by atoms with E-state index in [2.05, 4.69) is 10.6 Å². The lowest BCUT2D eigenvalue weighted by atomic mass is 10.1. The van der Waals surface area contributed by atoms with Crippen molar-refractivity contribution < 1.29 is 9.59 Å². The molecule has 9 heteroatoms. The third kappa shape index (κ3) is 5.17. The van der Waals surface area contributed by atoms with Gasteiger partial charge in [-0.05, 0) is 48.4 Å². The minimum Gasteiger partial charge on any atom is -0.352 e. The predicted octanol–water partition coefficient (Wildman–Crippen LogP) is 6.70. The van der Waals surface area contributed by atoms with E-state index in [1.54, 1.807) is 30.3 Å². The van der Waals surface area contributed by atoms with E-state index in [1.807, 2.05) is 6.92 Å². The fourth-order valence-electron chi connectivity index (χ4n) is 3.29. The zero-order valence-corrected chi connectivity index (χ0v) is 19.7. The number of carbonyl (C=O) groups excluding carboxylic acids is 2. The first-order chi connectivity index (χ1) is 14.1. The Labute approximate surface area is 200 Å². The second-order valence-electron chi connectivity index (χ2n) is 7.13. The van der Waals surface area contributed by atoms with Gasteiger partial charge in [-0.3, -0.25) is 9.59 Å². The highest BCUT2D eigenvalue weighted by atomic mass is 35.5. The zero-order valence-electron chi connectivity index (χ0n) is 15.9. The molecule has 0 aromatic heterocycles. The van der Waals surface area contributed by atoms with Gasteiger partial charge in [0.15, 0.2) is 0 Å². The molecule has 160 valence electrons. The van der Waals surface area contributed by atoms with Crippen molar-refractivity contribution in [1.29, 1.82) is 0 Å². The third-order valence-electron chi connectivity index (χ3n) is 4.87. The number of amides is 2. The van der Waals surface area contributed by atoms with E-state index in [0.29, 0.717) is 32.9 Å². The van der Waals surface area contributed by atoms with Gasteiger partial charge in [-0.2, -0.15) is 0 Å². The molecule has 0 saturated heterocycles. The average Bonchev–Trinajstić information content (AvgIpc) is 3.25. The van der Waals surface area contributed by atoms with Gasteiger partial charge in [-0.15, -0.1) is 23.2 Å². The first-order valence-electron chi connectivity index (χ1n) is 9.37. The van der Waals surface area contributed by atoms with Crippen LogP contribution in [0.2, 0.25) is 15.1 Å². The zero-order chi connectivity index (χ0) is 22.1. The fraction of sp³-hybridized carbons (Fsp3) is 0.333. The predicted molar refractivity (Wildman–Crippen MR) is 124 cm³/mol. The van der Waals surface area contributed by atoms with Crippen molar-refractivity contribution in [3.05, 3.63) is 62.6 Å². The summed E-state index contributed by atoms with van der Waals surface area (Å²) in [6.45, 7) is 2.58. The van der Waals surface area contributed by atoms with Crippen LogP contribution in [0.1, 0.15) is 41.6 Å². The van der Waals surface area contributed by atoms with Gasteiger partial charge in [0.05, 0.1) is 16.5 Å². The first-order valence-corrected chi connectivity index (χ1v) is 11.3. The Morgan fingerprint density at radius 2 is 1.70 bits per heavy atom. The van der Waals surface area contributed by atoms with Gasteiger partial charge in [0, 0.05) is 28.2 Å². The van der Waals surface area contributed by atoms with E-state index < -0.39 is 16.2 Å². The van der Waals surface area contributed by atoms with Crippen LogP contribution in [0.4, 0.5) is 5.69 Å². The molecule has 0 unspecified atom stereocenters. The van der Waals surface area contributed by atoms with Gasteiger partial charge in [-0.1, -0.05) is 48.1 Å². The summed E-state index contributed by atoms with van der Waals surface area (Å²) in [7, 11) is 0. The van der Waals surface area contributed by atoms with E-state index in [4.69, 9.17) is 58.0 Å². The molecule has 3 rings (SSSR count). The highest BCUT2D eigenvalue weighted by molar-refractivity contribution is 6.53. The van der Waals surface area contributed by atoms with E-state index in [1.165, 1.54) is 6.07 Å². The summed E-state index contributed by atoms with van der Waals surface area (Å²) in [5.41, 5.74) is 1.39. The molecule has 1 aliphatic rings. The molecule has 1 fully saturated rings. The lowest BCUT2D eigenvalue weighted by Crippen LogP contribution is -2.25. The summed E-state index contributed by atoms with van der Waals surface area (Å²) < 4.78 is -1.29. The van der Waals surface area contributed by atoms with Gasteiger partial charge in [-0.25, -0.2) is 0 Å². The van der Waals surface area contributed by atoms with Gasteiger partial charge in [0.25, 0.3) is 5.91 Å². The van der Waals surface area contributed by atoms with Gasteiger partial charge in [0.1, 0.15) is 4.33 Å². The van der Waals surface area contributed by atoms with Crippen LogP contribution in [0.3, 0.4) is 0 Å². The van der Waals surface area contributed by atoms with Crippen LogP contribution in [-0.2, 0) is 4.79 Å². The number of carbonyl (C=O) groups is 2. The topological polar surface area (TPSA) is 58.2 Å². The number of unbranched alkanes of at least 4 members (excludes halogenated alkanes) is 1. The monoisotopic (exact) mass is 506 g/mol. The summed E-state index contributed by atoms with van der Waals surface area (Å²) >= 11 is 31.0. The van der Waals surface area contributed by atoms with Crippen LogP contribution in [0.5, 0.6) is 0 Å². The number of nitrogens with one attached hydrogen (secondary N) is 2. The number of anilines is 1. The Bertz CT molecular complexity index is 960. The summed E-state index contributed by atoms with van der Waals surface area (Å²) in [6.07, 6.45) is 1.83. The molecule has 0 spiro atoms. The number of benzene rings is 2. The molecule has 2 aromatic carbocycles. The van der Waals surface area contributed by atoms with Crippen molar-refractivity contribution in [2.75, 3.05) is 11.9 Å². The molecule has 0 bridgehead atoms. The van der Waals surface area contributed by atoms with Crippen LogP contribution in [0.25, 0.3) is 0 Å². The van der Waals surface area contributed by atoms with E-state index in [9.17, 15) is 9.59 Å². The second-order valence-corrected chi connectivity index (χ2v) is 9.85. The molecule has 4 nitrogen and oxygen atoms in total. The van der Waals surface area contributed by atoms with Crippen molar-refractivity contribution in [3.63, 3.8) is 0 Å². The fourth-order valence-corrected chi connectivity index (χ4v) is 4.87. The molecule has 0 aliphatic heterocycles. The van der Waals surface area contributed by atoms with Crippen LogP contribution in [0.15, 0.2) is 36.4 Å². The molecule has 1 aliphatic carbocycles. The number of hydrogen-bond donors (Lipinski definition) is 2. The molecule has 2 N–H and O–H groups in total. The lowest BCUT2D eigenvalue weighted by molar-refractivity contribution is -0.117. The highest BCUT2D eigenvalue weighted by Crippen LogP contribution is 2.65. The van der Waals surface area contributed by atoms with Gasteiger partial charge in [0.2, 0.25) is 5.91 Å². The van der Waals surface area contributed by atoms with E-state index >= 15 is 0 Å². The normalized spacial score (nSPS) is 19.3. The maximum atomic E-state index is 12.8. The molecule has 2 amide bonds. The molecule has 1 saturated carbocycles. The van der Waals surface area contributed by atoms with Crippen molar-refractivity contribution in [3.8, 4) is 0 Å². The maximum absolute atomic E-state index is 12.8. The van der Waals surface area contributed by atoms with Crippen molar-refractivity contribution in [2.45, 2.75) is 30.0 Å². The summed E-state index contributed by atoms with van der Waals surface area (Å²) in [6, 6.07) is 9.66. The number of hydrogen-bond acceptors (Lipinski definition) is 2. The number of alkyl halides is 2. The molecule has 2 aromatic rings. The summed E-state index contributed by atoms with van der Waals surface area (Å²) in [5.74, 6) is -1.83. The quantitative estimate of drug-likeness (QED) is 0.323. The Kier molecular flexibility index (Phi) is 7.47. The highest BCUT2D eigenvalue weighted by Gasteiger charge is 2.67. The molecule has 30 heavy (non-hydrogen) atoms. The van der Waals surface area contributed by atoms with Crippen LogP contribution in [-0.4, -0.2) is 22.7 Å². The smallest absolute Gasteiger partial charge is 0.252 e. The largest absolute Gasteiger partial charge is 0.352 e. The standard InChI is InChI=1S/C21H19Cl5N2O2/c1-2-3-6-27-19(29)15-10-14(4-5-16(15)24)28-20(30)18-17(21(18,25)26)11-7-12(22)9-13(23)8-11/h4-5,7-10,17-18H,2-3,6H2,1H3,(H,27,29)(H,28,30)/t17-,18+/m1/s1. The van der Waals surface area contributed by atoms with Gasteiger partial charge < -0.3 is 10.6 Å². The minimum atomic E-state index is -1.29. The van der Waals surface area contributed by atoms with Crippen molar-refractivity contribution in [2.24, 2.45) is 5.92 Å². The van der Waals surface area contributed by atoms with E-state index in [0.717, 1.165) is 12.8 Å². The second kappa shape index (κ2) is 9.54. The summed E-state index contributed by atoms with van der Waals surface area (Å²) in [5, 5.41) is 6.74. The number of halogens is 5. The first kappa shape index (κ1) is 23.5. The minimum absolute atomic E-state index is 0.280. The average molecular weight is 509 g/mol. The van der Waals surface area contributed by atoms with Crippen molar-refractivity contribution in [1.82, 2.24) is 5.32 Å². The molecular weight excluding hydrogens is 490 g/mol. The third-order valence-corrected chi connectivity index (χ3v) is 6.58. The number of rotatable bonds is 7. The Hall–Kier alpha value is -1.17. The molecular formula is C21H19Cl5N2O2. The Balaban J connectivity index is 1.74. The molecule has 0 radical (unpaired) electrons. The van der Waals surface area contributed by atoms with Crippen LogP contribution < -0.4 is 10.6 Å². The van der Waals surface area contributed by atoms with Crippen molar-refractivity contribution >= 4 is 75.5 Å². The Morgan fingerprint density at radius 3 is 2.33 bits per heavy atom.